The molecule has 4 rings (SSSR count). The Bertz CT molecular complexity index is 1100. The van der Waals surface area contributed by atoms with Gasteiger partial charge in [-0.25, -0.2) is 9.97 Å². The summed E-state index contributed by atoms with van der Waals surface area (Å²) in [6, 6.07) is 14.3. The van der Waals surface area contributed by atoms with Gasteiger partial charge in [0, 0.05) is 11.8 Å². The molecule has 6 nitrogen and oxygen atoms in total. The minimum absolute atomic E-state index is 0.209. The monoisotopic (exact) mass is 411 g/mol. The first-order chi connectivity index (χ1) is 13.7. The number of ether oxygens (including phenoxy) is 1. The number of amides is 1. The van der Waals surface area contributed by atoms with Gasteiger partial charge >= 0.3 is 0 Å². The highest BCUT2D eigenvalue weighted by molar-refractivity contribution is 7.12. The maximum absolute atomic E-state index is 12.5. The highest BCUT2D eigenvalue weighted by atomic mass is 35.5. The van der Waals surface area contributed by atoms with E-state index in [0.29, 0.717) is 33.7 Å². The first kappa shape index (κ1) is 18.2. The minimum atomic E-state index is -0.286. The summed E-state index contributed by atoms with van der Waals surface area (Å²) in [5, 5.41) is 5.12. The molecule has 8 heteroatoms. The quantitative estimate of drug-likeness (QED) is 0.467. The molecule has 28 heavy (non-hydrogen) atoms. The van der Waals surface area contributed by atoms with Crippen molar-refractivity contribution in [3.8, 4) is 17.2 Å². The number of benzene rings is 1. The Hall–Kier alpha value is -3.16. The van der Waals surface area contributed by atoms with Crippen molar-refractivity contribution >= 4 is 34.8 Å². The number of nitrogens with one attached hydrogen (secondary N) is 1. The van der Waals surface area contributed by atoms with E-state index >= 15 is 0 Å². The van der Waals surface area contributed by atoms with Gasteiger partial charge in [-0.2, -0.15) is 0 Å². The number of halogens is 1. The van der Waals surface area contributed by atoms with Crippen molar-refractivity contribution < 1.29 is 13.9 Å². The van der Waals surface area contributed by atoms with E-state index < -0.39 is 0 Å². The average molecular weight is 412 g/mol. The maximum Gasteiger partial charge on any atom is 0.268 e. The molecule has 0 atom stereocenters. The second-order valence-electron chi connectivity index (χ2n) is 5.74. The van der Waals surface area contributed by atoms with Crippen LogP contribution in [0.15, 0.2) is 70.8 Å². The third-order valence-electron chi connectivity index (χ3n) is 3.76. The molecule has 140 valence electrons. The van der Waals surface area contributed by atoms with Crippen LogP contribution in [0.1, 0.15) is 15.2 Å². The molecule has 0 aliphatic rings. The fourth-order valence-electron chi connectivity index (χ4n) is 2.44. The van der Waals surface area contributed by atoms with E-state index in [1.165, 1.54) is 11.3 Å². The molecule has 3 heterocycles. The SMILES string of the molecule is O=C(Nc1nccc(-c2ccco2)n1)c1cc(COc2ccccc2Cl)cs1. The number of hydrogen-bond donors (Lipinski definition) is 1. The number of para-hydroxylation sites is 1. The number of furan rings is 1. The topological polar surface area (TPSA) is 77.3 Å². The van der Waals surface area contributed by atoms with Crippen LogP contribution in [0, 0.1) is 0 Å². The number of anilines is 1. The first-order valence-corrected chi connectivity index (χ1v) is 9.58. The van der Waals surface area contributed by atoms with Crippen molar-refractivity contribution in [2.45, 2.75) is 6.61 Å². The van der Waals surface area contributed by atoms with Gasteiger partial charge < -0.3 is 9.15 Å². The molecule has 0 fully saturated rings. The van der Waals surface area contributed by atoms with Gasteiger partial charge in [-0.3, -0.25) is 10.1 Å². The van der Waals surface area contributed by atoms with Gasteiger partial charge in [0.2, 0.25) is 5.95 Å². The smallest absolute Gasteiger partial charge is 0.268 e. The molecule has 1 N–H and O–H groups in total. The lowest BCUT2D eigenvalue weighted by molar-refractivity contribution is 0.102. The van der Waals surface area contributed by atoms with E-state index in [2.05, 4.69) is 15.3 Å². The van der Waals surface area contributed by atoms with E-state index in [4.69, 9.17) is 20.8 Å². The molecule has 3 aromatic heterocycles. The predicted octanol–water partition coefficient (Wildman–Crippen LogP) is 5.28. The fourth-order valence-corrected chi connectivity index (χ4v) is 3.42. The van der Waals surface area contributed by atoms with Gasteiger partial charge in [0.25, 0.3) is 5.91 Å². The molecular formula is C20H14ClN3O3S. The van der Waals surface area contributed by atoms with E-state index in [1.54, 1.807) is 48.9 Å². The lowest BCUT2D eigenvalue weighted by Gasteiger charge is -2.06. The zero-order chi connectivity index (χ0) is 19.3. The summed E-state index contributed by atoms with van der Waals surface area (Å²) < 4.78 is 11.0. The van der Waals surface area contributed by atoms with Crippen LogP contribution in [-0.4, -0.2) is 15.9 Å². The predicted molar refractivity (Wildman–Crippen MR) is 108 cm³/mol. The zero-order valence-electron chi connectivity index (χ0n) is 14.5. The Labute approximate surface area is 169 Å². The summed E-state index contributed by atoms with van der Waals surface area (Å²) in [7, 11) is 0. The molecule has 0 aliphatic heterocycles. The summed E-state index contributed by atoms with van der Waals surface area (Å²) in [6.45, 7) is 0.317. The molecule has 0 spiro atoms. The van der Waals surface area contributed by atoms with Crippen molar-refractivity contribution in [2.24, 2.45) is 0 Å². The van der Waals surface area contributed by atoms with Crippen LogP contribution in [0.3, 0.4) is 0 Å². The van der Waals surface area contributed by atoms with E-state index in [0.717, 1.165) is 5.56 Å². The molecule has 0 unspecified atom stereocenters. The molecule has 0 saturated carbocycles. The normalized spacial score (nSPS) is 10.6. The number of carbonyl (C=O) groups excluding carboxylic acids is 1. The molecule has 0 saturated heterocycles. The van der Waals surface area contributed by atoms with Crippen molar-refractivity contribution in [2.75, 3.05) is 5.32 Å². The number of carbonyl (C=O) groups is 1. The highest BCUT2D eigenvalue weighted by Crippen LogP contribution is 2.25. The summed E-state index contributed by atoms with van der Waals surface area (Å²) >= 11 is 7.40. The lowest BCUT2D eigenvalue weighted by atomic mass is 10.3. The van der Waals surface area contributed by atoms with Crippen molar-refractivity contribution in [1.29, 1.82) is 0 Å². The van der Waals surface area contributed by atoms with E-state index in [1.807, 2.05) is 17.5 Å². The number of aromatic nitrogens is 2. The Balaban J connectivity index is 1.41. The third-order valence-corrected chi connectivity index (χ3v) is 5.05. The van der Waals surface area contributed by atoms with Crippen molar-refractivity contribution in [3.63, 3.8) is 0 Å². The van der Waals surface area contributed by atoms with Crippen LogP contribution < -0.4 is 10.1 Å². The number of nitrogens with zero attached hydrogens (tertiary/aromatic N) is 2. The van der Waals surface area contributed by atoms with Crippen LogP contribution in [0.4, 0.5) is 5.95 Å². The minimum Gasteiger partial charge on any atom is -0.487 e. The van der Waals surface area contributed by atoms with Gasteiger partial charge in [-0.15, -0.1) is 11.3 Å². The summed E-state index contributed by atoms with van der Waals surface area (Å²) in [5.74, 6) is 1.13. The van der Waals surface area contributed by atoms with Crippen molar-refractivity contribution in [3.05, 3.63) is 81.8 Å². The largest absolute Gasteiger partial charge is 0.487 e. The molecule has 1 amide bonds. The molecule has 0 radical (unpaired) electrons. The first-order valence-electron chi connectivity index (χ1n) is 8.32. The Morgan fingerprint density at radius 1 is 1.21 bits per heavy atom. The maximum atomic E-state index is 12.5. The Kier molecular flexibility index (Phi) is 5.36. The Morgan fingerprint density at radius 2 is 2.11 bits per heavy atom. The molecule has 0 bridgehead atoms. The fraction of sp³-hybridized carbons (Fsp3) is 0.0500. The van der Waals surface area contributed by atoms with Crippen LogP contribution in [-0.2, 0) is 6.61 Å². The van der Waals surface area contributed by atoms with Crippen LogP contribution in [0.2, 0.25) is 5.02 Å². The Morgan fingerprint density at radius 3 is 2.93 bits per heavy atom. The second kappa shape index (κ2) is 8.24. The van der Waals surface area contributed by atoms with Crippen LogP contribution in [0.25, 0.3) is 11.5 Å². The number of hydrogen-bond acceptors (Lipinski definition) is 6. The summed E-state index contributed by atoms with van der Waals surface area (Å²) in [6.07, 6.45) is 3.13. The molecule has 0 aliphatic carbocycles. The van der Waals surface area contributed by atoms with Gasteiger partial charge in [0.05, 0.1) is 16.2 Å². The number of rotatable bonds is 6. The van der Waals surface area contributed by atoms with Gasteiger partial charge in [0.15, 0.2) is 5.76 Å². The van der Waals surface area contributed by atoms with Gasteiger partial charge in [-0.05, 0) is 41.8 Å². The van der Waals surface area contributed by atoms with Crippen molar-refractivity contribution in [1.82, 2.24) is 9.97 Å². The van der Waals surface area contributed by atoms with Gasteiger partial charge in [-0.1, -0.05) is 23.7 Å². The third kappa shape index (κ3) is 4.21. The van der Waals surface area contributed by atoms with Crippen LogP contribution in [0.5, 0.6) is 5.75 Å². The standard InChI is InChI=1S/C20H14ClN3O3S/c21-14-4-1-2-5-16(14)27-11-13-10-18(28-12-13)19(25)24-20-22-8-7-15(23-20)17-6-3-9-26-17/h1-10,12H,11H2,(H,22,23,24,25). The average Bonchev–Trinajstić information content (AvgIpc) is 3.40. The lowest BCUT2D eigenvalue weighted by Crippen LogP contribution is -2.13. The van der Waals surface area contributed by atoms with Crippen LogP contribution >= 0.6 is 22.9 Å². The zero-order valence-corrected chi connectivity index (χ0v) is 16.0. The summed E-state index contributed by atoms with van der Waals surface area (Å²) in [5.41, 5.74) is 1.47. The summed E-state index contributed by atoms with van der Waals surface area (Å²) in [4.78, 5) is 21.4. The highest BCUT2D eigenvalue weighted by Gasteiger charge is 2.13. The molecular weight excluding hydrogens is 398 g/mol. The van der Waals surface area contributed by atoms with Gasteiger partial charge in [0.1, 0.15) is 18.1 Å². The van der Waals surface area contributed by atoms with E-state index in [-0.39, 0.29) is 11.9 Å². The molecule has 1 aromatic carbocycles. The molecule has 4 aromatic rings. The van der Waals surface area contributed by atoms with E-state index in [9.17, 15) is 4.79 Å². The second-order valence-corrected chi connectivity index (χ2v) is 7.05. The number of thiophene rings is 1.